The summed E-state index contributed by atoms with van der Waals surface area (Å²) in [5.41, 5.74) is 0. The van der Waals surface area contributed by atoms with E-state index in [9.17, 15) is 8.42 Å². The first-order chi connectivity index (χ1) is 8.10. The van der Waals surface area contributed by atoms with Gasteiger partial charge in [-0.05, 0) is 18.6 Å². The Morgan fingerprint density at radius 2 is 2.06 bits per heavy atom. The molecule has 1 aromatic heterocycles. The van der Waals surface area contributed by atoms with Crippen molar-refractivity contribution in [2.75, 3.05) is 18.9 Å². The molecule has 0 aromatic carbocycles. The number of nitrogens with one attached hydrogen (secondary N) is 2. The van der Waals surface area contributed by atoms with E-state index in [1.54, 1.807) is 19.2 Å². The Morgan fingerprint density at radius 3 is 2.59 bits per heavy atom. The summed E-state index contributed by atoms with van der Waals surface area (Å²) in [6, 6.07) is 3.18. The normalized spacial score (nSPS) is 11.4. The summed E-state index contributed by atoms with van der Waals surface area (Å²) in [6.45, 7) is 2.55. The topological polar surface area (TPSA) is 71.1 Å². The molecule has 0 saturated heterocycles. The lowest BCUT2D eigenvalue weighted by molar-refractivity contribution is 0.575. The summed E-state index contributed by atoms with van der Waals surface area (Å²) >= 11 is 0. The van der Waals surface area contributed by atoms with Crippen LogP contribution in [0.15, 0.2) is 23.2 Å². The molecule has 0 saturated carbocycles. The number of nitrogens with zero attached hydrogens (tertiary/aromatic N) is 1. The second-order valence-electron chi connectivity index (χ2n) is 3.73. The SMILES string of the molecule is CCCCCNS(=O)(=O)c1ccc(NC)nc1. The van der Waals surface area contributed by atoms with E-state index in [-0.39, 0.29) is 4.90 Å². The van der Waals surface area contributed by atoms with Crippen LogP contribution in [0, 0.1) is 0 Å². The second-order valence-corrected chi connectivity index (χ2v) is 5.50. The molecule has 0 bridgehead atoms. The van der Waals surface area contributed by atoms with Gasteiger partial charge in [0.05, 0.1) is 0 Å². The molecular weight excluding hydrogens is 238 g/mol. The fraction of sp³-hybridized carbons (Fsp3) is 0.545. The summed E-state index contributed by atoms with van der Waals surface area (Å²) in [5.74, 6) is 0.648. The van der Waals surface area contributed by atoms with Crippen LogP contribution in [-0.4, -0.2) is 27.0 Å². The smallest absolute Gasteiger partial charge is 0.242 e. The number of unbranched alkanes of at least 4 members (excludes halogenated alkanes) is 2. The first kappa shape index (κ1) is 13.9. The lowest BCUT2D eigenvalue weighted by Crippen LogP contribution is -2.24. The van der Waals surface area contributed by atoms with Crippen LogP contribution < -0.4 is 10.0 Å². The molecule has 6 heteroatoms. The van der Waals surface area contributed by atoms with E-state index < -0.39 is 10.0 Å². The molecular formula is C11H19N3O2S. The van der Waals surface area contributed by atoms with Gasteiger partial charge in [-0.15, -0.1) is 0 Å². The molecule has 1 rings (SSSR count). The van der Waals surface area contributed by atoms with Gasteiger partial charge in [-0.25, -0.2) is 18.1 Å². The van der Waals surface area contributed by atoms with Gasteiger partial charge < -0.3 is 5.32 Å². The molecule has 96 valence electrons. The number of sulfonamides is 1. The summed E-state index contributed by atoms with van der Waals surface area (Å²) in [5, 5.41) is 2.84. The number of anilines is 1. The van der Waals surface area contributed by atoms with Gasteiger partial charge >= 0.3 is 0 Å². The fourth-order valence-corrected chi connectivity index (χ4v) is 2.37. The molecule has 0 atom stereocenters. The van der Waals surface area contributed by atoms with Gasteiger partial charge in [0.25, 0.3) is 0 Å². The zero-order chi connectivity index (χ0) is 12.7. The third kappa shape index (κ3) is 4.32. The molecule has 0 amide bonds. The van der Waals surface area contributed by atoms with Crippen LogP contribution in [0.1, 0.15) is 26.2 Å². The Labute approximate surface area is 103 Å². The van der Waals surface area contributed by atoms with E-state index in [2.05, 4.69) is 21.9 Å². The molecule has 1 aromatic rings. The number of rotatable bonds is 7. The van der Waals surface area contributed by atoms with Gasteiger partial charge in [-0.3, -0.25) is 0 Å². The molecule has 2 N–H and O–H groups in total. The average Bonchev–Trinajstić information content (AvgIpc) is 2.35. The van der Waals surface area contributed by atoms with E-state index >= 15 is 0 Å². The van der Waals surface area contributed by atoms with Gasteiger partial charge in [0, 0.05) is 19.8 Å². The largest absolute Gasteiger partial charge is 0.373 e. The van der Waals surface area contributed by atoms with E-state index in [1.807, 2.05) is 0 Å². The summed E-state index contributed by atoms with van der Waals surface area (Å²) in [6.07, 6.45) is 4.31. The lowest BCUT2D eigenvalue weighted by atomic mass is 10.3. The first-order valence-electron chi connectivity index (χ1n) is 5.73. The molecule has 0 fully saturated rings. The van der Waals surface area contributed by atoms with Crippen molar-refractivity contribution in [2.45, 2.75) is 31.1 Å². The van der Waals surface area contributed by atoms with Gasteiger partial charge in [0.15, 0.2) is 0 Å². The standard InChI is InChI=1S/C11H19N3O2S/c1-3-4-5-8-14-17(15,16)10-6-7-11(12-2)13-9-10/h6-7,9,14H,3-5,8H2,1-2H3,(H,12,13). The Morgan fingerprint density at radius 1 is 1.29 bits per heavy atom. The van der Waals surface area contributed by atoms with Crippen LogP contribution in [0.2, 0.25) is 0 Å². The van der Waals surface area contributed by atoms with Gasteiger partial charge in [-0.2, -0.15) is 0 Å². The molecule has 5 nitrogen and oxygen atoms in total. The van der Waals surface area contributed by atoms with Crippen LogP contribution >= 0.6 is 0 Å². The maximum atomic E-state index is 11.8. The van der Waals surface area contributed by atoms with Crippen LogP contribution in [-0.2, 0) is 10.0 Å². The highest BCUT2D eigenvalue weighted by atomic mass is 32.2. The predicted molar refractivity (Wildman–Crippen MR) is 68.5 cm³/mol. The minimum absolute atomic E-state index is 0.202. The Bertz CT molecular complexity index is 429. The number of hydrogen-bond acceptors (Lipinski definition) is 4. The molecule has 17 heavy (non-hydrogen) atoms. The first-order valence-corrected chi connectivity index (χ1v) is 7.22. The van der Waals surface area contributed by atoms with Crippen molar-refractivity contribution in [1.82, 2.24) is 9.71 Å². The van der Waals surface area contributed by atoms with Gasteiger partial charge in [0.1, 0.15) is 10.7 Å². The zero-order valence-corrected chi connectivity index (χ0v) is 11.0. The van der Waals surface area contributed by atoms with Crippen molar-refractivity contribution in [2.24, 2.45) is 0 Å². The maximum absolute atomic E-state index is 11.8. The number of hydrogen-bond donors (Lipinski definition) is 2. The zero-order valence-electron chi connectivity index (χ0n) is 10.2. The van der Waals surface area contributed by atoms with Gasteiger partial charge in [0.2, 0.25) is 10.0 Å². The Balaban J connectivity index is 2.62. The van der Waals surface area contributed by atoms with Crippen molar-refractivity contribution in [1.29, 1.82) is 0 Å². The number of pyridine rings is 1. The van der Waals surface area contributed by atoms with E-state index in [1.165, 1.54) is 6.20 Å². The fourth-order valence-electron chi connectivity index (χ4n) is 1.35. The molecule has 0 aliphatic heterocycles. The maximum Gasteiger partial charge on any atom is 0.242 e. The van der Waals surface area contributed by atoms with Crippen LogP contribution in [0.4, 0.5) is 5.82 Å². The van der Waals surface area contributed by atoms with Gasteiger partial charge in [-0.1, -0.05) is 19.8 Å². The Hall–Kier alpha value is -1.14. The second kappa shape index (κ2) is 6.56. The molecule has 1 heterocycles. The van der Waals surface area contributed by atoms with E-state index in [4.69, 9.17) is 0 Å². The van der Waals surface area contributed by atoms with E-state index in [0.717, 1.165) is 19.3 Å². The van der Waals surface area contributed by atoms with Crippen molar-refractivity contribution in [3.05, 3.63) is 18.3 Å². The highest BCUT2D eigenvalue weighted by Crippen LogP contribution is 2.10. The average molecular weight is 257 g/mol. The number of aromatic nitrogens is 1. The monoisotopic (exact) mass is 257 g/mol. The third-order valence-corrected chi connectivity index (χ3v) is 3.82. The highest BCUT2D eigenvalue weighted by molar-refractivity contribution is 7.89. The predicted octanol–water partition coefficient (Wildman–Crippen LogP) is 1.59. The van der Waals surface area contributed by atoms with E-state index in [0.29, 0.717) is 12.4 Å². The lowest BCUT2D eigenvalue weighted by Gasteiger charge is -2.06. The third-order valence-electron chi connectivity index (χ3n) is 2.38. The minimum atomic E-state index is -3.41. The van der Waals surface area contributed by atoms with Crippen molar-refractivity contribution in [3.8, 4) is 0 Å². The molecule has 0 spiro atoms. The van der Waals surface area contributed by atoms with Crippen molar-refractivity contribution < 1.29 is 8.42 Å². The summed E-state index contributed by atoms with van der Waals surface area (Å²) in [7, 11) is -1.67. The minimum Gasteiger partial charge on any atom is -0.373 e. The van der Waals surface area contributed by atoms with Crippen molar-refractivity contribution in [3.63, 3.8) is 0 Å². The molecule has 0 unspecified atom stereocenters. The van der Waals surface area contributed by atoms with Crippen molar-refractivity contribution >= 4 is 15.8 Å². The molecule has 0 radical (unpaired) electrons. The van der Waals surface area contributed by atoms with Crippen LogP contribution in [0.25, 0.3) is 0 Å². The molecule has 0 aliphatic rings. The summed E-state index contributed by atoms with van der Waals surface area (Å²) in [4.78, 5) is 4.18. The Kier molecular flexibility index (Phi) is 5.37. The van der Waals surface area contributed by atoms with Crippen LogP contribution in [0.3, 0.4) is 0 Å². The van der Waals surface area contributed by atoms with Crippen LogP contribution in [0.5, 0.6) is 0 Å². The quantitative estimate of drug-likeness (QED) is 0.728. The highest BCUT2D eigenvalue weighted by Gasteiger charge is 2.13. The molecule has 0 aliphatic carbocycles. The summed E-state index contributed by atoms with van der Waals surface area (Å²) < 4.78 is 26.2.